The Morgan fingerprint density at radius 3 is 2.45 bits per heavy atom. The number of imide groups is 1. The number of piperidine rings is 1. The molecule has 0 unspecified atom stereocenters. The molecule has 9 nitrogen and oxygen atoms in total. The van der Waals surface area contributed by atoms with Crippen LogP contribution in [0.3, 0.4) is 0 Å². The Morgan fingerprint density at radius 1 is 1.17 bits per heavy atom. The van der Waals surface area contributed by atoms with E-state index in [2.05, 4.69) is 5.32 Å². The molecule has 2 aliphatic rings. The molecule has 3 rings (SSSR count). The fourth-order valence-corrected chi connectivity index (χ4v) is 4.48. The summed E-state index contributed by atoms with van der Waals surface area (Å²) in [6.07, 6.45) is 2.76. The molecule has 2 aliphatic heterocycles. The molecule has 0 aliphatic carbocycles. The van der Waals surface area contributed by atoms with Crippen molar-refractivity contribution >= 4 is 27.7 Å². The fourth-order valence-electron chi connectivity index (χ4n) is 3.60. The van der Waals surface area contributed by atoms with Crippen LogP contribution >= 0.6 is 0 Å². The fraction of sp³-hybridized carbons (Fsp3) is 0.526. The number of methoxy groups -OCH3 is 1. The number of benzene rings is 1. The van der Waals surface area contributed by atoms with Gasteiger partial charge in [-0.2, -0.15) is 0 Å². The quantitative estimate of drug-likeness (QED) is 0.504. The van der Waals surface area contributed by atoms with Gasteiger partial charge in [0.15, 0.2) is 0 Å². The zero-order valence-electron chi connectivity index (χ0n) is 16.5. The minimum absolute atomic E-state index is 0.142. The van der Waals surface area contributed by atoms with Crippen LogP contribution in [0.15, 0.2) is 18.2 Å². The molecule has 2 heterocycles. The maximum Gasteiger partial charge on any atom is 0.261 e. The van der Waals surface area contributed by atoms with Gasteiger partial charge in [-0.1, -0.05) is 0 Å². The van der Waals surface area contributed by atoms with Gasteiger partial charge in [0.25, 0.3) is 17.7 Å². The molecule has 1 aromatic carbocycles. The molecule has 29 heavy (non-hydrogen) atoms. The van der Waals surface area contributed by atoms with E-state index in [4.69, 9.17) is 4.74 Å². The number of carbonyl (C=O) groups excluding carboxylic acids is 3. The first-order valence-electron chi connectivity index (χ1n) is 9.47. The predicted octanol–water partition coefficient (Wildman–Crippen LogP) is 0.473. The Balaban J connectivity index is 1.64. The van der Waals surface area contributed by atoms with Crippen molar-refractivity contribution in [2.45, 2.75) is 25.3 Å². The zero-order chi connectivity index (χ0) is 21.2. The summed E-state index contributed by atoms with van der Waals surface area (Å²) in [4.78, 5) is 38.8. The lowest BCUT2D eigenvalue weighted by atomic mass is 10.0. The molecule has 0 aromatic heterocycles. The lowest BCUT2D eigenvalue weighted by Gasteiger charge is -2.30. The third-order valence-corrected chi connectivity index (χ3v) is 6.52. The number of nitrogens with zero attached hydrogens (tertiary/aromatic N) is 2. The van der Waals surface area contributed by atoms with Crippen LogP contribution in [0.1, 0.15) is 50.3 Å². The molecule has 0 atom stereocenters. The Hall–Kier alpha value is -2.30. The van der Waals surface area contributed by atoms with Crippen LogP contribution in [0.25, 0.3) is 0 Å². The van der Waals surface area contributed by atoms with Crippen LogP contribution in [-0.4, -0.2) is 81.0 Å². The van der Waals surface area contributed by atoms with E-state index in [0.29, 0.717) is 50.1 Å². The van der Waals surface area contributed by atoms with E-state index in [1.807, 2.05) is 0 Å². The number of nitrogens with one attached hydrogen (secondary N) is 1. The highest BCUT2D eigenvalue weighted by molar-refractivity contribution is 7.88. The number of ether oxygens (including phenoxy) is 1. The summed E-state index contributed by atoms with van der Waals surface area (Å²) in [5.41, 5.74) is 0.826. The standard InChI is InChI=1S/C19H25N3O6S/c1-28-11-3-8-22-18(24)15-5-4-13(12-16(15)19(22)25)17(23)20-14-6-9-21(10-7-14)29(2,26)27/h4-5,12,14H,3,6-11H2,1-2H3,(H,20,23). The molecule has 1 N–H and O–H groups in total. The van der Waals surface area contributed by atoms with Crippen molar-refractivity contribution in [3.8, 4) is 0 Å². The summed E-state index contributed by atoms with van der Waals surface area (Å²) in [7, 11) is -1.67. The molecule has 0 radical (unpaired) electrons. The van der Waals surface area contributed by atoms with Gasteiger partial charge in [0.2, 0.25) is 10.0 Å². The van der Waals surface area contributed by atoms with Gasteiger partial charge in [-0.3, -0.25) is 19.3 Å². The van der Waals surface area contributed by atoms with Crippen LogP contribution in [0, 0.1) is 0 Å². The van der Waals surface area contributed by atoms with Gasteiger partial charge < -0.3 is 10.1 Å². The van der Waals surface area contributed by atoms with E-state index in [-0.39, 0.29) is 30.0 Å². The first-order valence-corrected chi connectivity index (χ1v) is 11.3. The smallest absolute Gasteiger partial charge is 0.261 e. The van der Waals surface area contributed by atoms with Crippen LogP contribution in [-0.2, 0) is 14.8 Å². The molecule has 1 fully saturated rings. The SMILES string of the molecule is COCCCN1C(=O)c2ccc(C(=O)NC3CCN(S(C)(=O)=O)CC3)cc2C1=O. The molecule has 1 aromatic rings. The molecule has 158 valence electrons. The summed E-state index contributed by atoms with van der Waals surface area (Å²) >= 11 is 0. The number of hydrogen-bond donors (Lipinski definition) is 1. The molecular weight excluding hydrogens is 398 g/mol. The number of carbonyl (C=O) groups is 3. The summed E-state index contributed by atoms with van der Waals surface area (Å²) < 4.78 is 29.5. The Kier molecular flexibility index (Phi) is 6.35. The summed E-state index contributed by atoms with van der Waals surface area (Å²) in [5, 5.41) is 2.89. The van der Waals surface area contributed by atoms with Crippen molar-refractivity contribution in [2.24, 2.45) is 0 Å². The number of rotatable bonds is 7. The van der Waals surface area contributed by atoms with Gasteiger partial charge >= 0.3 is 0 Å². The summed E-state index contributed by atoms with van der Waals surface area (Å²) in [6, 6.07) is 4.35. The third-order valence-electron chi connectivity index (χ3n) is 5.22. The van der Waals surface area contributed by atoms with Gasteiger partial charge in [-0.25, -0.2) is 12.7 Å². The molecule has 1 saturated heterocycles. The van der Waals surface area contributed by atoms with Crippen molar-refractivity contribution < 1.29 is 27.5 Å². The Labute approximate surface area is 170 Å². The number of hydrogen-bond acceptors (Lipinski definition) is 6. The van der Waals surface area contributed by atoms with E-state index in [9.17, 15) is 22.8 Å². The Bertz CT molecular complexity index is 922. The maximum absolute atomic E-state index is 12.6. The topological polar surface area (TPSA) is 113 Å². The van der Waals surface area contributed by atoms with Gasteiger partial charge in [0, 0.05) is 45.0 Å². The van der Waals surface area contributed by atoms with E-state index in [1.165, 1.54) is 33.7 Å². The van der Waals surface area contributed by atoms with Gasteiger partial charge in [-0.05, 0) is 37.5 Å². The van der Waals surface area contributed by atoms with E-state index >= 15 is 0 Å². The highest BCUT2D eigenvalue weighted by Crippen LogP contribution is 2.24. The van der Waals surface area contributed by atoms with Gasteiger partial charge in [-0.15, -0.1) is 0 Å². The predicted molar refractivity (Wildman–Crippen MR) is 105 cm³/mol. The van der Waals surface area contributed by atoms with Crippen molar-refractivity contribution in [3.05, 3.63) is 34.9 Å². The average Bonchev–Trinajstić information content (AvgIpc) is 2.92. The molecular formula is C19H25N3O6S. The lowest BCUT2D eigenvalue weighted by Crippen LogP contribution is -2.46. The molecule has 0 bridgehead atoms. The van der Waals surface area contributed by atoms with Crippen molar-refractivity contribution in [3.63, 3.8) is 0 Å². The van der Waals surface area contributed by atoms with Crippen LogP contribution in [0.2, 0.25) is 0 Å². The second kappa shape index (κ2) is 8.60. The van der Waals surface area contributed by atoms with Crippen LogP contribution < -0.4 is 5.32 Å². The van der Waals surface area contributed by atoms with E-state index in [0.717, 1.165) is 0 Å². The number of amides is 3. The Morgan fingerprint density at radius 2 is 1.83 bits per heavy atom. The van der Waals surface area contributed by atoms with Gasteiger partial charge in [0.05, 0.1) is 17.4 Å². The van der Waals surface area contributed by atoms with Crippen molar-refractivity contribution in [1.82, 2.24) is 14.5 Å². The molecule has 0 saturated carbocycles. The number of fused-ring (bicyclic) bond motifs is 1. The highest BCUT2D eigenvalue weighted by Gasteiger charge is 2.35. The zero-order valence-corrected chi connectivity index (χ0v) is 17.3. The third kappa shape index (κ3) is 4.65. The number of sulfonamides is 1. The molecule has 10 heteroatoms. The molecule has 3 amide bonds. The average molecular weight is 423 g/mol. The van der Waals surface area contributed by atoms with Crippen LogP contribution in [0.5, 0.6) is 0 Å². The van der Waals surface area contributed by atoms with Crippen molar-refractivity contribution in [1.29, 1.82) is 0 Å². The first kappa shape index (κ1) is 21.4. The summed E-state index contributed by atoms with van der Waals surface area (Å²) in [5.74, 6) is -1.11. The monoisotopic (exact) mass is 423 g/mol. The lowest BCUT2D eigenvalue weighted by molar-refractivity contribution is 0.0638. The van der Waals surface area contributed by atoms with Crippen molar-refractivity contribution in [2.75, 3.05) is 39.6 Å². The maximum atomic E-state index is 12.6. The second-order valence-corrected chi connectivity index (χ2v) is 9.26. The van der Waals surface area contributed by atoms with Crippen LogP contribution in [0.4, 0.5) is 0 Å². The highest BCUT2D eigenvalue weighted by atomic mass is 32.2. The second-order valence-electron chi connectivity index (χ2n) is 7.28. The molecule has 0 spiro atoms. The minimum atomic E-state index is -3.22. The minimum Gasteiger partial charge on any atom is -0.385 e. The first-order chi connectivity index (χ1) is 13.7. The summed E-state index contributed by atoms with van der Waals surface area (Å²) in [6.45, 7) is 1.43. The normalized spacial score (nSPS) is 18.2. The van der Waals surface area contributed by atoms with E-state index < -0.39 is 15.9 Å². The van der Waals surface area contributed by atoms with E-state index in [1.54, 1.807) is 7.11 Å². The largest absolute Gasteiger partial charge is 0.385 e. The van der Waals surface area contributed by atoms with Gasteiger partial charge in [0.1, 0.15) is 0 Å².